The van der Waals surface area contributed by atoms with E-state index in [0.29, 0.717) is 25.7 Å². The first-order chi connectivity index (χ1) is 16.9. The van der Waals surface area contributed by atoms with E-state index in [0.717, 1.165) is 27.7 Å². The third-order valence-corrected chi connectivity index (χ3v) is 7.76. The van der Waals surface area contributed by atoms with Gasteiger partial charge in [-0.15, -0.1) is 0 Å². The van der Waals surface area contributed by atoms with Gasteiger partial charge in [0, 0.05) is 28.9 Å². The van der Waals surface area contributed by atoms with Crippen molar-refractivity contribution in [2.45, 2.75) is 57.7 Å². The zero-order valence-corrected chi connectivity index (χ0v) is 20.0. The number of nitrogens with one attached hydrogen (secondary N) is 2. The van der Waals surface area contributed by atoms with Crippen LogP contribution in [0.5, 0.6) is 0 Å². The van der Waals surface area contributed by atoms with Gasteiger partial charge in [0.2, 0.25) is 11.8 Å². The van der Waals surface area contributed by atoms with Crippen LogP contribution in [0, 0.1) is 11.8 Å². The highest BCUT2D eigenvalue weighted by Gasteiger charge is 2.50. The van der Waals surface area contributed by atoms with E-state index in [9.17, 15) is 19.5 Å². The number of aromatic nitrogens is 1. The zero-order chi connectivity index (χ0) is 24.7. The molecule has 1 aromatic heterocycles. The summed E-state index contributed by atoms with van der Waals surface area (Å²) in [7, 11) is 0. The van der Waals surface area contributed by atoms with Gasteiger partial charge >= 0.3 is 5.97 Å². The molecule has 0 saturated carbocycles. The van der Waals surface area contributed by atoms with Crippen LogP contribution in [0.2, 0.25) is 0 Å². The number of benzene rings is 2. The number of amides is 2. The summed E-state index contributed by atoms with van der Waals surface area (Å²) in [5, 5.41) is 13.5. The second-order valence-electron chi connectivity index (χ2n) is 9.88. The maximum absolute atomic E-state index is 13.7. The molecule has 1 unspecified atom stereocenters. The molecule has 0 radical (unpaired) electrons. The fourth-order valence-electron chi connectivity index (χ4n) is 5.71. The largest absolute Gasteiger partial charge is 0.480 e. The Hall–Kier alpha value is -3.61. The van der Waals surface area contributed by atoms with Crippen molar-refractivity contribution in [3.05, 3.63) is 71.4 Å². The van der Waals surface area contributed by atoms with Crippen molar-refractivity contribution in [3.63, 3.8) is 0 Å². The normalized spacial score (nSPS) is 23.0. The fraction of sp³-hybridized carbons (Fsp3) is 0.393. The molecule has 7 nitrogen and oxygen atoms in total. The Kier molecular flexibility index (Phi) is 6.09. The standard InChI is InChI=1S/C28H31N3O4/c1-3-16(2)24(28(34)35)30-26(32)23-15-20-19-11-7-8-12-21(19)29-25(20)22-14-18(27(33)31(22)23)13-17-9-5-4-6-10-17/h4-12,16,18,22-24,29H,3,13-15H2,1-2H3,(H,30,32)(H,34,35)/t16-,18?,22+,23-,24-/m0/s1. The Bertz CT molecular complexity index is 1270. The molecule has 3 aromatic rings. The molecule has 35 heavy (non-hydrogen) atoms. The maximum atomic E-state index is 13.7. The van der Waals surface area contributed by atoms with E-state index < -0.39 is 24.0 Å². The molecule has 3 heterocycles. The maximum Gasteiger partial charge on any atom is 0.326 e. The molecule has 0 bridgehead atoms. The lowest BCUT2D eigenvalue weighted by atomic mass is 9.90. The number of para-hydroxylation sites is 1. The number of fused-ring (bicyclic) bond motifs is 5. The van der Waals surface area contributed by atoms with Gasteiger partial charge in [0.05, 0.1) is 6.04 Å². The zero-order valence-electron chi connectivity index (χ0n) is 20.0. The topological polar surface area (TPSA) is 103 Å². The van der Waals surface area contributed by atoms with Crippen molar-refractivity contribution in [2.24, 2.45) is 11.8 Å². The first-order valence-electron chi connectivity index (χ1n) is 12.4. The Morgan fingerprint density at radius 2 is 1.86 bits per heavy atom. The molecule has 1 fully saturated rings. The molecule has 1 saturated heterocycles. The van der Waals surface area contributed by atoms with E-state index in [4.69, 9.17) is 0 Å². The average Bonchev–Trinajstić information content (AvgIpc) is 3.39. The first kappa shape index (κ1) is 23.1. The number of hydrogen-bond donors (Lipinski definition) is 3. The number of carboxylic acid groups (broad SMARTS) is 1. The highest BCUT2D eigenvalue weighted by Crippen LogP contribution is 2.46. The van der Waals surface area contributed by atoms with Crippen LogP contribution in [-0.4, -0.2) is 44.9 Å². The van der Waals surface area contributed by atoms with Gasteiger partial charge in [0.1, 0.15) is 12.1 Å². The van der Waals surface area contributed by atoms with Crippen molar-refractivity contribution >= 4 is 28.7 Å². The van der Waals surface area contributed by atoms with E-state index >= 15 is 0 Å². The Labute approximate surface area is 204 Å². The second-order valence-corrected chi connectivity index (χ2v) is 9.88. The van der Waals surface area contributed by atoms with Gasteiger partial charge in [0.25, 0.3) is 0 Å². The van der Waals surface area contributed by atoms with Gasteiger partial charge in [0.15, 0.2) is 0 Å². The van der Waals surface area contributed by atoms with Crippen molar-refractivity contribution in [1.82, 2.24) is 15.2 Å². The van der Waals surface area contributed by atoms with Gasteiger partial charge in [-0.2, -0.15) is 0 Å². The number of carboxylic acids is 1. The monoisotopic (exact) mass is 473 g/mol. The molecule has 2 amide bonds. The molecule has 2 aliphatic heterocycles. The number of carbonyl (C=O) groups is 3. The SMILES string of the molecule is CC[C@H](C)[C@H](NC(=O)[C@@H]1Cc2c([nH]c3ccccc23)[C@H]2CC(Cc3ccccc3)C(=O)N21)C(=O)O. The van der Waals surface area contributed by atoms with Crippen LogP contribution in [-0.2, 0) is 27.2 Å². The van der Waals surface area contributed by atoms with Crippen molar-refractivity contribution in [1.29, 1.82) is 0 Å². The average molecular weight is 474 g/mol. The molecular weight excluding hydrogens is 442 g/mol. The summed E-state index contributed by atoms with van der Waals surface area (Å²) in [6.45, 7) is 3.72. The van der Waals surface area contributed by atoms with Crippen molar-refractivity contribution in [2.75, 3.05) is 0 Å². The van der Waals surface area contributed by atoms with Crippen LogP contribution in [0.15, 0.2) is 54.6 Å². The minimum Gasteiger partial charge on any atom is -0.480 e. The molecule has 5 atom stereocenters. The van der Waals surface area contributed by atoms with Crippen molar-refractivity contribution < 1.29 is 19.5 Å². The molecule has 182 valence electrons. The third-order valence-electron chi connectivity index (χ3n) is 7.76. The predicted octanol–water partition coefficient (Wildman–Crippen LogP) is 3.84. The first-order valence-corrected chi connectivity index (χ1v) is 12.4. The van der Waals surface area contributed by atoms with Gasteiger partial charge in [-0.1, -0.05) is 68.8 Å². The number of H-pyrrole nitrogens is 1. The van der Waals surface area contributed by atoms with Crippen LogP contribution in [0.25, 0.3) is 10.9 Å². The predicted molar refractivity (Wildman–Crippen MR) is 133 cm³/mol. The Morgan fingerprint density at radius 3 is 2.57 bits per heavy atom. The van der Waals surface area contributed by atoms with Crippen LogP contribution in [0.3, 0.4) is 0 Å². The van der Waals surface area contributed by atoms with Gasteiger partial charge in [-0.25, -0.2) is 4.79 Å². The molecule has 2 aliphatic rings. The number of aliphatic carboxylic acids is 1. The van der Waals surface area contributed by atoms with Crippen molar-refractivity contribution in [3.8, 4) is 0 Å². The smallest absolute Gasteiger partial charge is 0.326 e. The molecule has 2 aromatic carbocycles. The highest BCUT2D eigenvalue weighted by atomic mass is 16.4. The van der Waals surface area contributed by atoms with Gasteiger partial charge in [-0.05, 0) is 36.0 Å². The Balaban J connectivity index is 1.51. The number of aromatic amines is 1. The minimum absolute atomic E-state index is 0.0428. The number of rotatable bonds is 7. The number of carbonyl (C=O) groups excluding carboxylic acids is 2. The summed E-state index contributed by atoms with van der Waals surface area (Å²) in [6.07, 6.45) is 2.21. The molecule has 3 N–H and O–H groups in total. The van der Waals surface area contributed by atoms with E-state index in [2.05, 4.69) is 10.3 Å². The van der Waals surface area contributed by atoms with Crippen LogP contribution < -0.4 is 5.32 Å². The summed E-state index contributed by atoms with van der Waals surface area (Å²) < 4.78 is 0. The van der Waals surface area contributed by atoms with Crippen LogP contribution >= 0.6 is 0 Å². The molecule has 0 spiro atoms. The molecular formula is C28H31N3O4. The third kappa shape index (κ3) is 4.09. The lowest BCUT2D eigenvalue weighted by molar-refractivity contribution is -0.146. The van der Waals surface area contributed by atoms with Crippen LogP contribution in [0.4, 0.5) is 0 Å². The number of nitrogens with zero attached hydrogens (tertiary/aromatic N) is 1. The minimum atomic E-state index is -1.05. The quantitative estimate of drug-likeness (QED) is 0.485. The summed E-state index contributed by atoms with van der Waals surface area (Å²) in [5.74, 6) is -1.95. The van der Waals surface area contributed by atoms with Crippen LogP contribution in [0.1, 0.15) is 49.6 Å². The van der Waals surface area contributed by atoms with Gasteiger partial charge in [-0.3, -0.25) is 9.59 Å². The summed E-state index contributed by atoms with van der Waals surface area (Å²) in [4.78, 5) is 44.4. The summed E-state index contributed by atoms with van der Waals surface area (Å²) in [5.41, 5.74) is 4.12. The van der Waals surface area contributed by atoms with E-state index in [1.165, 1.54) is 0 Å². The van der Waals surface area contributed by atoms with Gasteiger partial charge < -0.3 is 20.3 Å². The highest BCUT2D eigenvalue weighted by molar-refractivity contribution is 5.95. The molecule has 0 aliphatic carbocycles. The van der Waals surface area contributed by atoms with E-state index in [1.807, 2.05) is 68.4 Å². The lowest BCUT2D eigenvalue weighted by Gasteiger charge is -2.37. The summed E-state index contributed by atoms with van der Waals surface area (Å²) >= 11 is 0. The van der Waals surface area contributed by atoms with E-state index in [1.54, 1.807) is 4.90 Å². The molecule has 5 rings (SSSR count). The second kappa shape index (κ2) is 9.21. The molecule has 7 heteroatoms. The number of hydrogen-bond acceptors (Lipinski definition) is 3. The fourth-order valence-corrected chi connectivity index (χ4v) is 5.71. The Morgan fingerprint density at radius 1 is 1.14 bits per heavy atom. The summed E-state index contributed by atoms with van der Waals surface area (Å²) in [6, 6.07) is 15.9. The lowest BCUT2D eigenvalue weighted by Crippen LogP contribution is -2.56. The van der Waals surface area contributed by atoms with E-state index in [-0.39, 0.29) is 23.8 Å².